The number of esters is 1. The van der Waals surface area contributed by atoms with Crippen molar-refractivity contribution in [3.8, 4) is 5.82 Å². The number of ether oxygens (including phenoxy) is 1. The van der Waals surface area contributed by atoms with Gasteiger partial charge in [-0.05, 0) is 37.8 Å². The molecule has 1 fully saturated rings. The predicted octanol–water partition coefficient (Wildman–Crippen LogP) is 1.90. The number of rotatable bonds is 6. The molecule has 1 saturated carbocycles. The summed E-state index contributed by atoms with van der Waals surface area (Å²) in [6.45, 7) is 2.22. The summed E-state index contributed by atoms with van der Waals surface area (Å²) in [4.78, 5) is 32.3. The molecule has 2 aromatic rings. The summed E-state index contributed by atoms with van der Waals surface area (Å²) in [5, 5.41) is 6.85. The van der Waals surface area contributed by atoms with Crippen LogP contribution >= 0.6 is 0 Å². The molecule has 0 saturated heterocycles. The summed E-state index contributed by atoms with van der Waals surface area (Å²) in [5.74, 6) is 0.223. The van der Waals surface area contributed by atoms with Crippen molar-refractivity contribution in [2.75, 3.05) is 6.54 Å². The van der Waals surface area contributed by atoms with E-state index < -0.39 is 12.1 Å². The average Bonchev–Trinajstić information content (AvgIpc) is 3.21. The molecule has 1 aliphatic rings. The Labute approximate surface area is 152 Å². The number of hydrogen-bond donors (Lipinski definition) is 1. The van der Waals surface area contributed by atoms with Gasteiger partial charge < -0.3 is 10.1 Å². The number of carbonyl (C=O) groups is 2. The van der Waals surface area contributed by atoms with E-state index in [1.165, 1.54) is 42.8 Å². The Balaban J connectivity index is 1.49. The van der Waals surface area contributed by atoms with Gasteiger partial charge in [-0.2, -0.15) is 5.10 Å². The standard InChI is InChI=1S/C18H23N5O3/c1-13(17(24)21-9-14-5-3-2-4-6-14)26-18(25)15-7-8-16(20-10-15)23-12-19-11-22-23/h7-8,10-14H,2-6,9H2,1H3,(H,21,24). The summed E-state index contributed by atoms with van der Waals surface area (Å²) < 4.78 is 6.73. The maximum atomic E-state index is 12.2. The lowest BCUT2D eigenvalue weighted by Gasteiger charge is -2.22. The Morgan fingerprint density at radius 1 is 1.31 bits per heavy atom. The second-order valence-corrected chi connectivity index (χ2v) is 6.54. The molecule has 0 spiro atoms. The van der Waals surface area contributed by atoms with Gasteiger partial charge in [-0.25, -0.2) is 19.4 Å². The smallest absolute Gasteiger partial charge is 0.340 e. The van der Waals surface area contributed by atoms with E-state index in [1.807, 2.05) is 0 Å². The second kappa shape index (κ2) is 8.55. The highest BCUT2D eigenvalue weighted by atomic mass is 16.5. The summed E-state index contributed by atoms with van der Waals surface area (Å²) in [6, 6.07) is 3.22. The number of nitrogens with one attached hydrogen (secondary N) is 1. The summed E-state index contributed by atoms with van der Waals surface area (Å²) in [5.41, 5.74) is 0.279. The molecule has 1 atom stereocenters. The lowest BCUT2D eigenvalue weighted by atomic mass is 9.89. The molecule has 1 unspecified atom stereocenters. The number of aromatic nitrogens is 4. The maximum Gasteiger partial charge on any atom is 0.340 e. The van der Waals surface area contributed by atoms with Crippen LogP contribution in [-0.2, 0) is 9.53 Å². The van der Waals surface area contributed by atoms with Crippen molar-refractivity contribution in [2.24, 2.45) is 5.92 Å². The number of amides is 1. The van der Waals surface area contributed by atoms with Crippen LogP contribution in [0.4, 0.5) is 0 Å². The molecule has 138 valence electrons. The predicted molar refractivity (Wildman–Crippen MR) is 93.6 cm³/mol. The fourth-order valence-corrected chi connectivity index (χ4v) is 3.03. The van der Waals surface area contributed by atoms with E-state index in [4.69, 9.17) is 4.74 Å². The lowest BCUT2D eigenvalue weighted by Crippen LogP contribution is -2.38. The van der Waals surface area contributed by atoms with Crippen molar-refractivity contribution in [2.45, 2.75) is 45.1 Å². The third kappa shape index (κ3) is 4.65. The lowest BCUT2D eigenvalue weighted by molar-refractivity contribution is -0.129. The first-order valence-corrected chi connectivity index (χ1v) is 8.93. The molecular formula is C18H23N5O3. The molecule has 0 aliphatic heterocycles. The number of nitrogens with zero attached hydrogens (tertiary/aromatic N) is 4. The molecule has 1 aliphatic carbocycles. The first-order valence-electron chi connectivity index (χ1n) is 8.93. The van der Waals surface area contributed by atoms with Gasteiger partial charge in [0.15, 0.2) is 11.9 Å². The van der Waals surface area contributed by atoms with Crippen molar-refractivity contribution in [1.82, 2.24) is 25.1 Å². The highest BCUT2D eigenvalue weighted by Gasteiger charge is 2.21. The highest BCUT2D eigenvalue weighted by Crippen LogP contribution is 2.22. The van der Waals surface area contributed by atoms with Crippen molar-refractivity contribution < 1.29 is 14.3 Å². The van der Waals surface area contributed by atoms with Crippen LogP contribution in [-0.4, -0.2) is 44.3 Å². The van der Waals surface area contributed by atoms with Crippen LogP contribution in [0.3, 0.4) is 0 Å². The molecule has 2 aromatic heterocycles. The third-order valence-electron chi connectivity index (χ3n) is 4.58. The maximum absolute atomic E-state index is 12.2. The largest absolute Gasteiger partial charge is 0.449 e. The topological polar surface area (TPSA) is 99.0 Å². The van der Waals surface area contributed by atoms with Crippen molar-refractivity contribution >= 4 is 11.9 Å². The van der Waals surface area contributed by atoms with Gasteiger partial charge in [-0.1, -0.05) is 19.3 Å². The summed E-state index contributed by atoms with van der Waals surface area (Å²) in [6.07, 6.45) is 9.49. The minimum absolute atomic E-state index is 0.267. The zero-order valence-electron chi connectivity index (χ0n) is 14.8. The molecule has 0 bridgehead atoms. The fraction of sp³-hybridized carbons (Fsp3) is 0.500. The Morgan fingerprint density at radius 3 is 2.77 bits per heavy atom. The van der Waals surface area contributed by atoms with E-state index in [2.05, 4.69) is 20.4 Å². The normalized spacial score (nSPS) is 16.0. The molecule has 8 nitrogen and oxygen atoms in total. The van der Waals surface area contributed by atoms with E-state index in [1.54, 1.807) is 19.1 Å². The van der Waals surface area contributed by atoms with E-state index >= 15 is 0 Å². The molecular weight excluding hydrogens is 334 g/mol. The van der Waals surface area contributed by atoms with Crippen molar-refractivity contribution in [1.29, 1.82) is 0 Å². The molecule has 0 aromatic carbocycles. The van der Waals surface area contributed by atoms with Crippen LogP contribution in [0.5, 0.6) is 0 Å². The van der Waals surface area contributed by atoms with E-state index in [-0.39, 0.29) is 11.5 Å². The van der Waals surface area contributed by atoms with Crippen LogP contribution in [0, 0.1) is 5.92 Å². The number of pyridine rings is 1. The fourth-order valence-electron chi connectivity index (χ4n) is 3.03. The van der Waals surface area contributed by atoms with Gasteiger partial charge in [0.05, 0.1) is 5.56 Å². The average molecular weight is 357 g/mol. The van der Waals surface area contributed by atoms with Crippen molar-refractivity contribution in [3.63, 3.8) is 0 Å². The Bertz CT molecular complexity index is 724. The van der Waals surface area contributed by atoms with Gasteiger partial charge >= 0.3 is 5.97 Å². The van der Waals surface area contributed by atoms with Crippen LogP contribution in [0.1, 0.15) is 49.4 Å². The zero-order valence-corrected chi connectivity index (χ0v) is 14.8. The van der Waals surface area contributed by atoms with Gasteiger partial charge in [0.25, 0.3) is 5.91 Å². The van der Waals surface area contributed by atoms with E-state index in [0.29, 0.717) is 18.3 Å². The van der Waals surface area contributed by atoms with Crippen molar-refractivity contribution in [3.05, 3.63) is 36.5 Å². The first-order chi connectivity index (χ1) is 12.6. The minimum atomic E-state index is -0.846. The molecule has 26 heavy (non-hydrogen) atoms. The van der Waals surface area contributed by atoms with Crippen LogP contribution in [0.2, 0.25) is 0 Å². The summed E-state index contributed by atoms with van der Waals surface area (Å²) >= 11 is 0. The molecule has 3 rings (SSSR count). The third-order valence-corrected chi connectivity index (χ3v) is 4.58. The monoisotopic (exact) mass is 357 g/mol. The molecule has 0 radical (unpaired) electrons. The van der Waals surface area contributed by atoms with Crippen LogP contribution in [0.25, 0.3) is 5.82 Å². The number of hydrogen-bond acceptors (Lipinski definition) is 6. The Morgan fingerprint density at radius 2 is 2.12 bits per heavy atom. The molecule has 2 heterocycles. The minimum Gasteiger partial charge on any atom is -0.449 e. The second-order valence-electron chi connectivity index (χ2n) is 6.54. The van der Waals surface area contributed by atoms with Gasteiger partial charge in [0.1, 0.15) is 12.7 Å². The Kier molecular flexibility index (Phi) is 5.93. The highest BCUT2D eigenvalue weighted by molar-refractivity contribution is 5.92. The van der Waals surface area contributed by atoms with E-state index in [0.717, 1.165) is 12.8 Å². The summed E-state index contributed by atoms with van der Waals surface area (Å²) in [7, 11) is 0. The van der Waals surface area contributed by atoms with Gasteiger partial charge in [0, 0.05) is 12.7 Å². The van der Waals surface area contributed by atoms with Gasteiger partial charge in [0.2, 0.25) is 0 Å². The van der Waals surface area contributed by atoms with Gasteiger partial charge in [-0.15, -0.1) is 0 Å². The SMILES string of the molecule is CC(OC(=O)c1ccc(-n2cncn2)nc1)C(=O)NCC1CCCCC1. The molecule has 1 N–H and O–H groups in total. The first kappa shape index (κ1) is 18.0. The van der Waals surface area contributed by atoms with E-state index in [9.17, 15) is 9.59 Å². The zero-order chi connectivity index (χ0) is 18.4. The molecule has 8 heteroatoms. The van der Waals surface area contributed by atoms with Crippen LogP contribution < -0.4 is 5.32 Å². The molecule has 1 amide bonds. The van der Waals surface area contributed by atoms with Crippen LogP contribution in [0.15, 0.2) is 31.0 Å². The quantitative estimate of drug-likeness (QED) is 0.793. The number of carbonyl (C=O) groups excluding carboxylic acids is 2. The Hall–Kier alpha value is -2.77. The van der Waals surface area contributed by atoms with Gasteiger partial charge in [-0.3, -0.25) is 4.79 Å².